The van der Waals surface area contributed by atoms with Gasteiger partial charge in [0.1, 0.15) is 15.4 Å². The fourth-order valence-corrected chi connectivity index (χ4v) is 2.07. The van der Waals surface area contributed by atoms with Crippen LogP contribution in [0.2, 0.25) is 0 Å². The summed E-state index contributed by atoms with van der Waals surface area (Å²) in [5.41, 5.74) is -1.17. The molecule has 0 rings (SSSR count). The molecule has 0 heterocycles. The van der Waals surface area contributed by atoms with Crippen LogP contribution < -0.4 is 16.0 Å². The van der Waals surface area contributed by atoms with E-state index in [1.165, 1.54) is 6.26 Å². The molecule has 0 saturated heterocycles. The van der Waals surface area contributed by atoms with Gasteiger partial charge in [-0.05, 0) is 41.5 Å². The molecule has 0 aliphatic carbocycles. The summed E-state index contributed by atoms with van der Waals surface area (Å²) in [6, 6.07) is 0. The molecule has 1 amide bonds. The van der Waals surface area contributed by atoms with E-state index in [2.05, 4.69) is 20.9 Å². The van der Waals surface area contributed by atoms with E-state index in [0.717, 1.165) is 0 Å². The monoisotopic (exact) mass is 492 g/mol. The first-order valence-electron chi connectivity index (χ1n) is 7.95. The Kier molecular flexibility index (Phi) is 11.7. The Morgan fingerprint density at radius 2 is 1.68 bits per heavy atom. The fourth-order valence-electron chi connectivity index (χ4n) is 1.59. The van der Waals surface area contributed by atoms with E-state index in [-0.39, 0.29) is 36.3 Å². The topological polar surface area (TPSA) is 109 Å². The average molecular weight is 492 g/mol. The molecule has 0 spiro atoms. The maximum atomic E-state index is 11.8. The highest BCUT2D eigenvalue weighted by Crippen LogP contribution is 2.09. The van der Waals surface area contributed by atoms with Gasteiger partial charge in [0.2, 0.25) is 0 Å². The molecule has 0 aliphatic heterocycles. The zero-order chi connectivity index (χ0) is 19.0. The summed E-state index contributed by atoms with van der Waals surface area (Å²) in [5.74, 6) is 0.525. The normalized spacial score (nSPS) is 12.8. The zero-order valence-corrected chi connectivity index (χ0v) is 19.4. The second-order valence-electron chi connectivity index (χ2n) is 7.26. The van der Waals surface area contributed by atoms with Crippen LogP contribution >= 0.6 is 24.0 Å². The molecule has 0 unspecified atom stereocenters. The maximum Gasteiger partial charge on any atom is 0.408 e. The molecule has 0 bridgehead atoms. The van der Waals surface area contributed by atoms with Gasteiger partial charge in [0.05, 0.1) is 17.8 Å². The van der Waals surface area contributed by atoms with Gasteiger partial charge < -0.3 is 20.7 Å². The number of hydrogen-bond donors (Lipinski definition) is 3. The Balaban J connectivity index is 0. The Bertz CT molecular complexity index is 542. The van der Waals surface area contributed by atoms with Crippen molar-refractivity contribution in [2.75, 3.05) is 31.6 Å². The molecule has 8 nitrogen and oxygen atoms in total. The number of carbonyl (C=O) groups excluding carboxylic acids is 1. The van der Waals surface area contributed by atoms with Crippen molar-refractivity contribution in [1.82, 2.24) is 16.0 Å². The molecular formula is C15H33IN4O4S. The van der Waals surface area contributed by atoms with Crippen molar-refractivity contribution < 1.29 is 17.9 Å². The first kappa shape index (κ1) is 26.4. The lowest BCUT2D eigenvalue weighted by Gasteiger charge is -2.27. The van der Waals surface area contributed by atoms with Crippen molar-refractivity contribution in [3.8, 4) is 0 Å². The number of aliphatic imine (C=N–C) groups is 1. The molecule has 25 heavy (non-hydrogen) atoms. The highest BCUT2D eigenvalue weighted by atomic mass is 127. The van der Waals surface area contributed by atoms with Crippen LogP contribution in [-0.2, 0) is 14.6 Å². The first-order valence-corrected chi connectivity index (χ1v) is 10.0. The van der Waals surface area contributed by atoms with Gasteiger partial charge in [-0.3, -0.25) is 4.99 Å². The summed E-state index contributed by atoms with van der Waals surface area (Å²) in [6.45, 7) is 12.2. The third-order valence-electron chi connectivity index (χ3n) is 2.58. The number of sulfone groups is 1. The lowest BCUT2D eigenvalue weighted by Crippen LogP contribution is -2.49. The Labute approximate surface area is 168 Å². The number of alkyl carbamates (subject to hydrolysis) is 1. The molecule has 0 aromatic rings. The van der Waals surface area contributed by atoms with Gasteiger partial charge in [-0.1, -0.05) is 0 Å². The molecule has 0 aromatic carbocycles. The van der Waals surface area contributed by atoms with Crippen LogP contribution in [0.4, 0.5) is 4.79 Å². The van der Waals surface area contributed by atoms with E-state index in [1.807, 2.05) is 20.8 Å². The largest absolute Gasteiger partial charge is 0.444 e. The van der Waals surface area contributed by atoms with E-state index in [4.69, 9.17) is 4.74 Å². The minimum atomic E-state index is -3.03. The van der Waals surface area contributed by atoms with Gasteiger partial charge in [0, 0.05) is 19.3 Å². The molecule has 0 aliphatic rings. The van der Waals surface area contributed by atoms with Crippen LogP contribution in [0.25, 0.3) is 0 Å². The van der Waals surface area contributed by atoms with Gasteiger partial charge in [-0.25, -0.2) is 13.2 Å². The summed E-state index contributed by atoms with van der Waals surface area (Å²) in [7, 11) is -3.03. The van der Waals surface area contributed by atoms with Crippen molar-refractivity contribution in [2.24, 2.45) is 4.99 Å². The van der Waals surface area contributed by atoms with Crippen LogP contribution in [0, 0.1) is 0 Å². The third-order valence-corrected chi connectivity index (χ3v) is 3.53. The summed E-state index contributed by atoms with van der Waals surface area (Å²) in [5, 5.41) is 8.76. The van der Waals surface area contributed by atoms with Crippen LogP contribution in [0.15, 0.2) is 4.99 Å². The smallest absolute Gasteiger partial charge is 0.408 e. The van der Waals surface area contributed by atoms with Crippen LogP contribution in [-0.4, -0.2) is 63.3 Å². The lowest BCUT2D eigenvalue weighted by molar-refractivity contribution is 0.0476. The van der Waals surface area contributed by atoms with Crippen LogP contribution in [0.3, 0.4) is 0 Å². The molecule has 0 aromatic heterocycles. The van der Waals surface area contributed by atoms with Gasteiger partial charge in [-0.2, -0.15) is 0 Å². The van der Waals surface area contributed by atoms with E-state index >= 15 is 0 Å². The number of carbonyl (C=O) groups is 1. The number of nitrogens with one attached hydrogen (secondary N) is 3. The van der Waals surface area contributed by atoms with Gasteiger partial charge in [0.25, 0.3) is 0 Å². The van der Waals surface area contributed by atoms with E-state index in [0.29, 0.717) is 19.0 Å². The van der Waals surface area contributed by atoms with Gasteiger partial charge in [-0.15, -0.1) is 24.0 Å². The predicted molar refractivity (Wildman–Crippen MR) is 113 cm³/mol. The molecule has 10 heteroatoms. The summed E-state index contributed by atoms with van der Waals surface area (Å²) >= 11 is 0. The second kappa shape index (κ2) is 11.0. The van der Waals surface area contributed by atoms with Crippen molar-refractivity contribution in [3.63, 3.8) is 0 Å². The van der Waals surface area contributed by atoms with Gasteiger partial charge >= 0.3 is 6.09 Å². The Morgan fingerprint density at radius 1 is 1.12 bits per heavy atom. The number of ether oxygens (including phenoxy) is 1. The standard InChI is InChI=1S/C15H32N4O4S.HI/c1-8-16-12(17-9-10-24(7,21)22)18-11-15(5,6)19-13(20)23-14(2,3)4;/h8-11H2,1-7H3,(H,19,20)(H2,16,17,18);1H. The number of guanidine groups is 1. The highest BCUT2D eigenvalue weighted by molar-refractivity contribution is 14.0. The summed E-state index contributed by atoms with van der Waals surface area (Å²) in [6.07, 6.45) is 0.685. The number of amides is 1. The second-order valence-corrected chi connectivity index (χ2v) is 9.52. The molecule has 150 valence electrons. The highest BCUT2D eigenvalue weighted by Gasteiger charge is 2.24. The average Bonchev–Trinajstić information content (AvgIpc) is 2.31. The maximum absolute atomic E-state index is 11.8. The minimum Gasteiger partial charge on any atom is -0.444 e. The Hall–Kier alpha value is -0.780. The number of nitrogens with zero attached hydrogens (tertiary/aromatic N) is 1. The number of hydrogen-bond acceptors (Lipinski definition) is 5. The van der Waals surface area contributed by atoms with Crippen molar-refractivity contribution in [2.45, 2.75) is 52.7 Å². The van der Waals surface area contributed by atoms with E-state index in [9.17, 15) is 13.2 Å². The first-order chi connectivity index (χ1) is 10.7. The zero-order valence-electron chi connectivity index (χ0n) is 16.2. The quantitative estimate of drug-likeness (QED) is 0.283. The predicted octanol–water partition coefficient (Wildman–Crippen LogP) is 1.51. The van der Waals surface area contributed by atoms with E-state index in [1.54, 1.807) is 20.8 Å². The van der Waals surface area contributed by atoms with E-state index < -0.39 is 27.1 Å². The molecule has 0 fully saturated rings. The molecule has 0 radical (unpaired) electrons. The molecule has 3 N–H and O–H groups in total. The lowest BCUT2D eigenvalue weighted by atomic mass is 10.1. The van der Waals surface area contributed by atoms with Crippen LogP contribution in [0.1, 0.15) is 41.5 Å². The third kappa shape index (κ3) is 16.4. The SMILES string of the molecule is CCNC(=NCC(C)(C)NC(=O)OC(C)(C)C)NCCS(C)(=O)=O.I. The van der Waals surface area contributed by atoms with Crippen molar-refractivity contribution >= 4 is 45.9 Å². The summed E-state index contributed by atoms with van der Waals surface area (Å²) < 4.78 is 27.6. The minimum absolute atomic E-state index is 0. The molecular weight excluding hydrogens is 459 g/mol. The molecule has 0 saturated carbocycles. The Morgan fingerprint density at radius 3 is 2.12 bits per heavy atom. The summed E-state index contributed by atoms with van der Waals surface area (Å²) in [4.78, 5) is 16.2. The number of rotatable bonds is 7. The van der Waals surface area contributed by atoms with Gasteiger partial charge in [0.15, 0.2) is 5.96 Å². The fraction of sp³-hybridized carbons (Fsp3) is 0.867. The van der Waals surface area contributed by atoms with Crippen LogP contribution in [0.5, 0.6) is 0 Å². The van der Waals surface area contributed by atoms with Crippen molar-refractivity contribution in [3.05, 3.63) is 0 Å². The molecule has 0 atom stereocenters. The number of halogens is 1. The van der Waals surface area contributed by atoms with Crippen molar-refractivity contribution in [1.29, 1.82) is 0 Å².